The van der Waals surface area contributed by atoms with E-state index in [1.807, 2.05) is 21.1 Å². The lowest BCUT2D eigenvalue weighted by Gasteiger charge is -2.36. The molecule has 0 atom stereocenters. The maximum absolute atomic E-state index is 5.69. The standard InChI is InChI=1S/C10H22O2Si.C3H6/c1-4-13(11-2,12-3)10-8-6-5-7-9-10;1-3-2/h10H,4-9H2,1-3H3;3H,1H2,2H3. The Bertz CT molecular complexity index is 165. The number of rotatable bonds is 4. The summed E-state index contributed by atoms with van der Waals surface area (Å²) < 4.78 is 11.4. The molecule has 1 rings (SSSR count). The molecule has 0 spiro atoms. The van der Waals surface area contributed by atoms with Crippen LogP contribution >= 0.6 is 0 Å². The van der Waals surface area contributed by atoms with E-state index in [0.717, 1.165) is 11.6 Å². The summed E-state index contributed by atoms with van der Waals surface area (Å²) in [6, 6.07) is 1.09. The van der Waals surface area contributed by atoms with Crippen molar-refractivity contribution >= 4 is 8.56 Å². The van der Waals surface area contributed by atoms with Gasteiger partial charge in [-0.3, -0.25) is 0 Å². The minimum atomic E-state index is -1.82. The van der Waals surface area contributed by atoms with E-state index < -0.39 is 8.56 Å². The van der Waals surface area contributed by atoms with Crippen molar-refractivity contribution in [2.24, 2.45) is 0 Å². The van der Waals surface area contributed by atoms with Crippen LogP contribution in [-0.4, -0.2) is 22.8 Å². The zero-order valence-electron chi connectivity index (χ0n) is 11.4. The second kappa shape index (κ2) is 8.96. The first-order valence-corrected chi connectivity index (χ1v) is 8.48. The summed E-state index contributed by atoms with van der Waals surface area (Å²) >= 11 is 0. The van der Waals surface area contributed by atoms with Crippen LogP contribution in [0, 0.1) is 0 Å². The van der Waals surface area contributed by atoms with Gasteiger partial charge in [0.1, 0.15) is 0 Å². The third kappa shape index (κ3) is 4.40. The van der Waals surface area contributed by atoms with Crippen molar-refractivity contribution < 1.29 is 8.85 Å². The van der Waals surface area contributed by atoms with Gasteiger partial charge >= 0.3 is 8.56 Å². The molecule has 1 aliphatic rings. The molecule has 1 aliphatic carbocycles. The van der Waals surface area contributed by atoms with Gasteiger partial charge in [-0.15, -0.1) is 6.58 Å². The normalized spacial score (nSPS) is 17.5. The van der Waals surface area contributed by atoms with Crippen molar-refractivity contribution in [3.05, 3.63) is 12.7 Å². The van der Waals surface area contributed by atoms with E-state index in [1.54, 1.807) is 6.08 Å². The largest absolute Gasteiger partial charge is 0.397 e. The molecule has 0 heterocycles. The Morgan fingerprint density at radius 1 is 1.19 bits per heavy atom. The minimum absolute atomic E-state index is 0.737. The summed E-state index contributed by atoms with van der Waals surface area (Å²) in [5, 5.41) is 0. The van der Waals surface area contributed by atoms with Crippen LogP contribution in [0.15, 0.2) is 12.7 Å². The molecule has 0 unspecified atom stereocenters. The lowest BCUT2D eigenvalue weighted by atomic mass is 10.0. The van der Waals surface area contributed by atoms with Gasteiger partial charge in [-0.1, -0.05) is 32.3 Å². The van der Waals surface area contributed by atoms with Gasteiger partial charge in [0.25, 0.3) is 0 Å². The van der Waals surface area contributed by atoms with E-state index >= 15 is 0 Å². The van der Waals surface area contributed by atoms with Crippen molar-refractivity contribution in [1.29, 1.82) is 0 Å². The van der Waals surface area contributed by atoms with Crippen LogP contribution in [-0.2, 0) is 8.85 Å². The topological polar surface area (TPSA) is 18.5 Å². The average molecular weight is 244 g/mol. The Morgan fingerprint density at radius 2 is 1.62 bits per heavy atom. The van der Waals surface area contributed by atoms with Crippen molar-refractivity contribution in [2.45, 2.75) is 57.5 Å². The molecule has 0 radical (unpaired) electrons. The van der Waals surface area contributed by atoms with E-state index in [2.05, 4.69) is 13.5 Å². The predicted molar refractivity (Wildman–Crippen MR) is 73.0 cm³/mol. The van der Waals surface area contributed by atoms with Gasteiger partial charge in [0.2, 0.25) is 0 Å². The maximum Gasteiger partial charge on any atom is 0.340 e. The van der Waals surface area contributed by atoms with Crippen LogP contribution < -0.4 is 0 Å². The number of hydrogen-bond donors (Lipinski definition) is 0. The second-order valence-electron chi connectivity index (χ2n) is 4.32. The molecule has 0 aromatic heterocycles. The second-order valence-corrected chi connectivity index (χ2v) is 8.28. The lowest BCUT2D eigenvalue weighted by Crippen LogP contribution is -2.45. The van der Waals surface area contributed by atoms with Crippen LogP contribution in [0.5, 0.6) is 0 Å². The molecular weight excluding hydrogens is 216 g/mol. The minimum Gasteiger partial charge on any atom is -0.397 e. The fourth-order valence-electron chi connectivity index (χ4n) is 2.54. The molecule has 0 N–H and O–H groups in total. The molecule has 1 fully saturated rings. The van der Waals surface area contributed by atoms with Crippen molar-refractivity contribution in [2.75, 3.05) is 14.2 Å². The zero-order valence-corrected chi connectivity index (χ0v) is 12.4. The van der Waals surface area contributed by atoms with Gasteiger partial charge in [-0.05, 0) is 25.8 Å². The SMILES string of the molecule is C=CC.CC[Si](OC)(OC)C1CCCCC1. The first kappa shape index (κ1) is 15.9. The van der Waals surface area contributed by atoms with Crippen LogP contribution in [0.25, 0.3) is 0 Å². The number of allylic oxidation sites excluding steroid dienone is 1. The van der Waals surface area contributed by atoms with E-state index in [-0.39, 0.29) is 0 Å². The predicted octanol–water partition coefficient (Wildman–Crippen LogP) is 4.27. The summed E-state index contributed by atoms with van der Waals surface area (Å²) in [4.78, 5) is 0. The van der Waals surface area contributed by atoms with Crippen molar-refractivity contribution in [3.8, 4) is 0 Å². The third-order valence-corrected chi connectivity index (χ3v) is 7.60. The average Bonchev–Trinajstić information content (AvgIpc) is 2.34. The molecule has 96 valence electrons. The van der Waals surface area contributed by atoms with E-state index in [4.69, 9.17) is 8.85 Å². The van der Waals surface area contributed by atoms with Gasteiger partial charge < -0.3 is 8.85 Å². The van der Waals surface area contributed by atoms with Crippen LogP contribution in [0.4, 0.5) is 0 Å². The highest BCUT2D eigenvalue weighted by atomic mass is 28.4. The Balaban J connectivity index is 0.000000673. The van der Waals surface area contributed by atoms with Gasteiger partial charge in [-0.25, -0.2) is 0 Å². The summed E-state index contributed by atoms with van der Waals surface area (Å²) in [7, 11) is 1.84. The molecule has 3 heteroatoms. The highest BCUT2D eigenvalue weighted by molar-refractivity contribution is 6.68. The highest BCUT2D eigenvalue weighted by Gasteiger charge is 2.42. The summed E-state index contributed by atoms with van der Waals surface area (Å²) in [6.07, 6.45) is 8.53. The lowest BCUT2D eigenvalue weighted by molar-refractivity contribution is 0.218. The highest BCUT2D eigenvalue weighted by Crippen LogP contribution is 2.39. The van der Waals surface area contributed by atoms with E-state index in [9.17, 15) is 0 Å². The fraction of sp³-hybridized carbons (Fsp3) is 0.846. The van der Waals surface area contributed by atoms with Gasteiger partial charge in [0, 0.05) is 19.8 Å². The van der Waals surface area contributed by atoms with Crippen LogP contribution in [0.3, 0.4) is 0 Å². The third-order valence-electron chi connectivity index (χ3n) is 3.41. The fourth-order valence-corrected chi connectivity index (χ4v) is 5.81. The van der Waals surface area contributed by atoms with E-state index in [1.165, 1.54) is 32.1 Å². The smallest absolute Gasteiger partial charge is 0.340 e. The quantitative estimate of drug-likeness (QED) is 0.543. The molecule has 16 heavy (non-hydrogen) atoms. The van der Waals surface area contributed by atoms with Crippen molar-refractivity contribution in [3.63, 3.8) is 0 Å². The molecule has 0 aliphatic heterocycles. The van der Waals surface area contributed by atoms with Crippen LogP contribution in [0.2, 0.25) is 11.6 Å². The molecular formula is C13H28O2Si. The van der Waals surface area contributed by atoms with Crippen molar-refractivity contribution in [1.82, 2.24) is 0 Å². The van der Waals surface area contributed by atoms with E-state index in [0.29, 0.717) is 0 Å². The summed E-state index contributed by atoms with van der Waals surface area (Å²) in [5.41, 5.74) is 0.737. The van der Waals surface area contributed by atoms with Gasteiger partial charge in [-0.2, -0.15) is 0 Å². The number of hydrogen-bond acceptors (Lipinski definition) is 2. The molecule has 0 aromatic carbocycles. The maximum atomic E-state index is 5.69. The van der Waals surface area contributed by atoms with Gasteiger partial charge in [0.15, 0.2) is 0 Å². The first-order valence-electron chi connectivity index (χ1n) is 6.38. The van der Waals surface area contributed by atoms with Gasteiger partial charge in [0.05, 0.1) is 0 Å². The van der Waals surface area contributed by atoms with Crippen LogP contribution in [0.1, 0.15) is 46.0 Å². The Kier molecular flexibility index (Phi) is 8.90. The Morgan fingerprint density at radius 3 is 1.94 bits per heavy atom. The summed E-state index contributed by atoms with van der Waals surface area (Å²) in [6.45, 7) is 7.45. The molecule has 2 nitrogen and oxygen atoms in total. The molecule has 0 saturated heterocycles. The molecule has 0 bridgehead atoms. The zero-order chi connectivity index (χ0) is 12.4. The monoisotopic (exact) mass is 244 g/mol. The molecule has 0 amide bonds. The summed E-state index contributed by atoms with van der Waals surface area (Å²) in [5.74, 6) is 0. The molecule has 0 aromatic rings. The first-order chi connectivity index (χ1) is 7.70. The Hall–Kier alpha value is -0.123. The Labute approximate surface area is 102 Å². The molecule has 1 saturated carbocycles.